The van der Waals surface area contributed by atoms with Crippen LogP contribution in [0.3, 0.4) is 0 Å². The van der Waals surface area contributed by atoms with E-state index in [-0.39, 0.29) is 6.10 Å². The highest BCUT2D eigenvalue weighted by molar-refractivity contribution is 6.30. The van der Waals surface area contributed by atoms with Crippen LogP contribution in [0.1, 0.15) is 48.8 Å². The molecular formula is C23H32ClN5O. The first-order valence-corrected chi connectivity index (χ1v) is 11.7. The molecular weight excluding hydrogens is 398 g/mol. The molecule has 1 aromatic heterocycles. The normalized spacial score (nSPS) is 28.0. The van der Waals surface area contributed by atoms with Gasteiger partial charge in [-0.3, -0.25) is 9.47 Å². The fourth-order valence-corrected chi connectivity index (χ4v) is 5.69. The number of nitrogens with zero attached hydrogens (tertiary/aromatic N) is 5. The van der Waals surface area contributed by atoms with Crippen molar-refractivity contribution in [3.63, 3.8) is 0 Å². The minimum Gasteiger partial charge on any atom is -0.381 e. The summed E-state index contributed by atoms with van der Waals surface area (Å²) in [6, 6.07) is 6.91. The van der Waals surface area contributed by atoms with Crippen molar-refractivity contribution in [1.29, 1.82) is 0 Å². The van der Waals surface area contributed by atoms with E-state index in [1.807, 2.05) is 6.07 Å². The maximum absolute atomic E-state index is 6.32. The SMILES string of the molecule is COC1Cc2cc(Cl)ccc2-n2c(nnc2C2CCC(N3CCN(C)CC3)CC2)C1. The van der Waals surface area contributed by atoms with Crippen LogP contribution in [0.4, 0.5) is 0 Å². The van der Waals surface area contributed by atoms with Crippen molar-refractivity contribution in [1.82, 2.24) is 24.6 Å². The molecule has 1 aromatic carbocycles. The Morgan fingerprint density at radius 1 is 1.00 bits per heavy atom. The highest BCUT2D eigenvalue weighted by Gasteiger charge is 2.33. The molecule has 1 atom stereocenters. The van der Waals surface area contributed by atoms with E-state index in [1.165, 1.54) is 63.1 Å². The number of fused-ring (bicyclic) bond motifs is 3. The van der Waals surface area contributed by atoms with Gasteiger partial charge < -0.3 is 9.64 Å². The van der Waals surface area contributed by atoms with Crippen LogP contribution in [0.25, 0.3) is 5.69 Å². The Hall–Kier alpha value is -1.47. The van der Waals surface area contributed by atoms with Gasteiger partial charge >= 0.3 is 0 Å². The Labute approximate surface area is 184 Å². The van der Waals surface area contributed by atoms with Crippen LogP contribution in [0.5, 0.6) is 0 Å². The van der Waals surface area contributed by atoms with E-state index in [9.17, 15) is 0 Å². The van der Waals surface area contributed by atoms with Gasteiger partial charge in [0, 0.05) is 63.1 Å². The number of methoxy groups -OCH3 is 1. The molecule has 2 aliphatic heterocycles. The zero-order valence-electron chi connectivity index (χ0n) is 18.1. The third kappa shape index (κ3) is 3.91. The summed E-state index contributed by atoms with van der Waals surface area (Å²) in [5.41, 5.74) is 2.40. The first kappa shape index (κ1) is 20.4. The van der Waals surface area contributed by atoms with Crippen LogP contribution in [0.15, 0.2) is 18.2 Å². The van der Waals surface area contributed by atoms with Crippen LogP contribution in [-0.2, 0) is 17.6 Å². The molecule has 3 aliphatic rings. The van der Waals surface area contributed by atoms with Gasteiger partial charge in [0.15, 0.2) is 0 Å². The largest absolute Gasteiger partial charge is 0.381 e. The van der Waals surface area contributed by atoms with Gasteiger partial charge in [0.05, 0.1) is 11.8 Å². The van der Waals surface area contributed by atoms with Crippen LogP contribution in [-0.4, -0.2) is 77.0 Å². The molecule has 0 spiro atoms. The second-order valence-corrected chi connectivity index (χ2v) is 9.63. The number of benzene rings is 1. The summed E-state index contributed by atoms with van der Waals surface area (Å²) in [7, 11) is 4.01. The smallest absolute Gasteiger partial charge is 0.140 e. The van der Waals surface area contributed by atoms with E-state index >= 15 is 0 Å². The lowest BCUT2D eigenvalue weighted by molar-refractivity contribution is 0.0871. The van der Waals surface area contributed by atoms with Crippen molar-refractivity contribution in [2.45, 2.75) is 56.6 Å². The Balaban J connectivity index is 1.38. The van der Waals surface area contributed by atoms with Crippen molar-refractivity contribution >= 4 is 11.6 Å². The van der Waals surface area contributed by atoms with E-state index in [4.69, 9.17) is 21.4 Å². The molecule has 0 amide bonds. The van der Waals surface area contributed by atoms with Crippen molar-refractivity contribution < 1.29 is 4.74 Å². The number of halogens is 1. The fraction of sp³-hybridized carbons (Fsp3) is 0.652. The maximum atomic E-state index is 6.32. The van der Waals surface area contributed by atoms with Crippen LogP contribution in [0, 0.1) is 0 Å². The number of hydrogen-bond acceptors (Lipinski definition) is 5. The standard InChI is InChI=1S/C23H32ClN5O/c1-27-9-11-28(12-10-27)19-6-3-16(4-7-19)23-26-25-22-15-20(30-2)14-17-13-18(24)5-8-21(17)29(22)23/h5,8,13,16,19-20H,3-4,6-7,9-12,14-15H2,1-2H3. The highest BCUT2D eigenvalue weighted by Crippen LogP contribution is 2.37. The Morgan fingerprint density at radius 2 is 1.77 bits per heavy atom. The summed E-state index contributed by atoms with van der Waals surface area (Å²) in [5, 5.41) is 10.1. The minimum atomic E-state index is 0.105. The summed E-state index contributed by atoms with van der Waals surface area (Å²) >= 11 is 6.32. The molecule has 0 radical (unpaired) electrons. The molecule has 3 heterocycles. The zero-order valence-corrected chi connectivity index (χ0v) is 18.8. The predicted molar refractivity (Wildman–Crippen MR) is 119 cm³/mol. The van der Waals surface area contributed by atoms with Crippen LogP contribution >= 0.6 is 11.6 Å². The quantitative estimate of drug-likeness (QED) is 0.749. The second kappa shape index (κ2) is 8.58. The van der Waals surface area contributed by atoms with E-state index in [0.717, 1.165) is 35.6 Å². The number of ether oxygens (including phenoxy) is 1. The highest BCUT2D eigenvalue weighted by atomic mass is 35.5. The summed E-state index contributed by atoms with van der Waals surface area (Å²) in [6.07, 6.45) is 6.62. The predicted octanol–water partition coefficient (Wildman–Crippen LogP) is 3.31. The lowest BCUT2D eigenvalue weighted by Gasteiger charge is -2.41. The van der Waals surface area contributed by atoms with Crippen molar-refractivity contribution in [2.75, 3.05) is 40.3 Å². The molecule has 7 heteroatoms. The van der Waals surface area contributed by atoms with Gasteiger partial charge in [0.2, 0.25) is 0 Å². The van der Waals surface area contributed by atoms with Gasteiger partial charge in [0.1, 0.15) is 11.6 Å². The summed E-state index contributed by atoms with van der Waals surface area (Å²) in [6.45, 7) is 4.80. The first-order chi connectivity index (χ1) is 14.6. The molecule has 1 saturated heterocycles. The van der Waals surface area contributed by atoms with Crippen LogP contribution < -0.4 is 0 Å². The van der Waals surface area contributed by atoms with Crippen molar-refractivity contribution in [3.8, 4) is 5.69 Å². The summed E-state index contributed by atoms with van der Waals surface area (Å²) in [5.74, 6) is 2.61. The van der Waals surface area contributed by atoms with E-state index in [0.29, 0.717) is 5.92 Å². The Kier molecular flexibility index (Phi) is 5.84. The molecule has 1 saturated carbocycles. The number of likely N-dealkylation sites (N-methyl/N-ethyl adjacent to an activating group) is 1. The Morgan fingerprint density at radius 3 is 2.50 bits per heavy atom. The number of hydrogen-bond donors (Lipinski definition) is 0. The van der Waals surface area contributed by atoms with Gasteiger partial charge in [-0.1, -0.05) is 11.6 Å². The number of piperazine rings is 1. The molecule has 5 rings (SSSR count). The molecule has 30 heavy (non-hydrogen) atoms. The van der Waals surface area contributed by atoms with Gasteiger partial charge in [-0.25, -0.2) is 0 Å². The molecule has 0 bridgehead atoms. The van der Waals surface area contributed by atoms with E-state index in [1.54, 1.807) is 7.11 Å². The molecule has 0 N–H and O–H groups in total. The second-order valence-electron chi connectivity index (χ2n) is 9.19. The first-order valence-electron chi connectivity index (χ1n) is 11.3. The average Bonchev–Trinajstić information content (AvgIpc) is 3.10. The average molecular weight is 430 g/mol. The lowest BCUT2D eigenvalue weighted by atomic mass is 9.84. The molecule has 1 unspecified atom stereocenters. The van der Waals surface area contributed by atoms with E-state index in [2.05, 4.69) is 38.6 Å². The number of aromatic nitrogens is 3. The third-order valence-electron chi connectivity index (χ3n) is 7.34. The van der Waals surface area contributed by atoms with Gasteiger partial charge in [-0.2, -0.15) is 0 Å². The summed E-state index contributed by atoms with van der Waals surface area (Å²) < 4.78 is 8.05. The molecule has 162 valence electrons. The van der Waals surface area contributed by atoms with Gasteiger partial charge in [0.25, 0.3) is 0 Å². The Bertz CT molecular complexity index is 884. The zero-order chi connectivity index (χ0) is 20.7. The molecule has 2 fully saturated rings. The molecule has 6 nitrogen and oxygen atoms in total. The van der Waals surface area contributed by atoms with E-state index < -0.39 is 0 Å². The minimum absolute atomic E-state index is 0.105. The fourth-order valence-electron chi connectivity index (χ4n) is 5.50. The van der Waals surface area contributed by atoms with Crippen molar-refractivity contribution in [2.24, 2.45) is 0 Å². The van der Waals surface area contributed by atoms with Crippen LogP contribution in [0.2, 0.25) is 5.02 Å². The summed E-state index contributed by atoms with van der Waals surface area (Å²) in [4.78, 5) is 5.14. The van der Waals surface area contributed by atoms with Crippen molar-refractivity contribution in [3.05, 3.63) is 40.4 Å². The molecule has 1 aliphatic carbocycles. The third-order valence-corrected chi connectivity index (χ3v) is 7.58. The lowest BCUT2D eigenvalue weighted by Crippen LogP contribution is -2.49. The number of rotatable bonds is 3. The van der Waals surface area contributed by atoms with Gasteiger partial charge in [-0.15, -0.1) is 10.2 Å². The maximum Gasteiger partial charge on any atom is 0.140 e. The molecule has 2 aromatic rings. The topological polar surface area (TPSA) is 46.4 Å². The monoisotopic (exact) mass is 429 g/mol. The van der Waals surface area contributed by atoms with Gasteiger partial charge in [-0.05, 0) is 56.5 Å².